The lowest BCUT2D eigenvalue weighted by atomic mass is 9.62. The van der Waals surface area contributed by atoms with Gasteiger partial charge in [-0.2, -0.15) is 0 Å². The predicted molar refractivity (Wildman–Crippen MR) is 154 cm³/mol. The topological polar surface area (TPSA) is 157 Å². The number of esters is 1. The Hall–Kier alpha value is -4.23. The van der Waals surface area contributed by atoms with Gasteiger partial charge in [-0.1, -0.05) is 25.1 Å². The number of hydrogen-bond acceptors (Lipinski definition) is 9. The zero-order valence-electron chi connectivity index (χ0n) is 24.7. The van der Waals surface area contributed by atoms with E-state index >= 15 is 0 Å². The van der Waals surface area contributed by atoms with E-state index in [1.165, 1.54) is 43.0 Å². The van der Waals surface area contributed by atoms with Crippen molar-refractivity contribution in [2.45, 2.75) is 57.3 Å². The second-order valence-electron chi connectivity index (χ2n) is 11.8. The Labute approximate surface area is 246 Å². The van der Waals surface area contributed by atoms with E-state index in [1.807, 2.05) is 22.8 Å². The Morgan fingerprint density at radius 1 is 1.16 bits per heavy atom. The number of nitrogens with zero attached hydrogens (tertiary/aromatic N) is 6. The SMILES string of the molecule is CC[C@]12CCCN3CCc4c(n(c5ccccc45)[C@@](O)(C(=O)OC)C1)[C@@H]32.Cn1c(=O)c2c(ncn2CC(=O)[O-])n(C)c1=O. The van der Waals surface area contributed by atoms with E-state index in [2.05, 4.69) is 22.9 Å². The smallest absolute Gasteiger partial charge is 0.359 e. The highest BCUT2D eigenvalue weighted by molar-refractivity contribution is 5.90. The molecule has 13 heteroatoms. The van der Waals surface area contributed by atoms with Crippen molar-refractivity contribution in [1.29, 1.82) is 0 Å². The summed E-state index contributed by atoms with van der Waals surface area (Å²) in [7, 11) is 4.15. The van der Waals surface area contributed by atoms with Crippen molar-refractivity contribution in [3.63, 3.8) is 0 Å². The summed E-state index contributed by atoms with van der Waals surface area (Å²) in [5.74, 6) is -1.88. The van der Waals surface area contributed by atoms with Crippen LogP contribution in [0.2, 0.25) is 0 Å². The van der Waals surface area contributed by atoms with Crippen LogP contribution in [0.5, 0.6) is 0 Å². The first-order valence-corrected chi connectivity index (χ1v) is 14.5. The van der Waals surface area contributed by atoms with Crippen molar-refractivity contribution < 1.29 is 24.5 Å². The largest absolute Gasteiger partial charge is 0.548 e. The van der Waals surface area contributed by atoms with Gasteiger partial charge in [-0.15, -0.1) is 0 Å². The molecule has 0 spiro atoms. The molecule has 1 aromatic carbocycles. The molecule has 3 atom stereocenters. The van der Waals surface area contributed by atoms with Crippen molar-refractivity contribution in [2.24, 2.45) is 19.5 Å². The minimum Gasteiger partial charge on any atom is -0.548 e. The number of benzene rings is 1. The molecule has 228 valence electrons. The molecule has 0 aliphatic carbocycles. The van der Waals surface area contributed by atoms with E-state index < -0.39 is 35.5 Å². The van der Waals surface area contributed by atoms with Crippen LogP contribution in [0.1, 0.15) is 49.9 Å². The van der Waals surface area contributed by atoms with Crippen LogP contribution in [0.4, 0.5) is 0 Å². The molecule has 0 unspecified atom stereocenters. The standard InChI is InChI=1S/C21H26N2O3.C9H10N4O4/c1-3-20-10-6-11-22-12-9-15-14-7-4-5-8-16(14)23(17(15)18(20)22)21(25,13-20)19(24)26-2;1-11-7-6(8(16)12(2)9(11)17)13(4-10-7)3-5(14)15/h4-5,7-8,18,25H,3,6,9-13H2,1-2H3;4H,3H2,1-2H3,(H,14,15)/p-1/t18-,20+,21+;/m1./s1. The van der Waals surface area contributed by atoms with Crippen LogP contribution in [0, 0.1) is 5.41 Å². The molecule has 0 radical (unpaired) electrons. The van der Waals surface area contributed by atoms with E-state index in [1.54, 1.807) is 0 Å². The summed E-state index contributed by atoms with van der Waals surface area (Å²) in [6.45, 7) is 3.88. The van der Waals surface area contributed by atoms with Crippen LogP contribution in [0.25, 0.3) is 22.1 Å². The molecular weight excluding hydrogens is 556 g/mol. The number of rotatable bonds is 4. The number of imidazole rings is 1. The van der Waals surface area contributed by atoms with Crippen LogP contribution in [0.3, 0.4) is 0 Å². The molecule has 43 heavy (non-hydrogen) atoms. The minimum absolute atomic E-state index is 0.0683. The Morgan fingerprint density at radius 2 is 1.91 bits per heavy atom. The molecular formula is C30H35N6O7-. The van der Waals surface area contributed by atoms with Gasteiger partial charge in [0.1, 0.15) is 0 Å². The molecule has 1 fully saturated rings. The number of methoxy groups -OCH3 is 1. The van der Waals surface area contributed by atoms with Gasteiger partial charge < -0.3 is 28.9 Å². The molecule has 1 N–H and O–H groups in total. The summed E-state index contributed by atoms with van der Waals surface area (Å²) in [5.41, 5.74) is 0.820. The number of para-hydroxylation sites is 1. The zero-order valence-corrected chi connectivity index (χ0v) is 24.7. The number of carbonyl (C=O) groups excluding carboxylic acids is 2. The molecule has 3 aromatic heterocycles. The van der Waals surface area contributed by atoms with E-state index in [-0.39, 0.29) is 22.6 Å². The Morgan fingerprint density at radius 3 is 2.60 bits per heavy atom. The van der Waals surface area contributed by atoms with E-state index in [9.17, 15) is 29.4 Å². The maximum atomic E-state index is 12.8. The third-order valence-corrected chi connectivity index (χ3v) is 9.69. The highest BCUT2D eigenvalue weighted by atomic mass is 16.5. The number of aliphatic carboxylic acids is 1. The van der Waals surface area contributed by atoms with Gasteiger partial charge in [-0.25, -0.2) is 14.6 Å². The van der Waals surface area contributed by atoms with Gasteiger partial charge in [-0.3, -0.25) is 18.8 Å². The van der Waals surface area contributed by atoms with Gasteiger partial charge in [-0.05, 0) is 49.3 Å². The molecule has 6 heterocycles. The Bertz CT molecular complexity index is 1900. The summed E-state index contributed by atoms with van der Waals surface area (Å²) in [6, 6.07) is 8.45. The number of aromatic nitrogens is 5. The lowest BCUT2D eigenvalue weighted by Gasteiger charge is -2.57. The zero-order chi connectivity index (χ0) is 30.8. The fourth-order valence-electron chi connectivity index (χ4n) is 7.75. The number of fused-ring (bicyclic) bond motifs is 4. The maximum Gasteiger partial charge on any atom is 0.359 e. The normalized spacial score (nSPS) is 24.3. The van der Waals surface area contributed by atoms with E-state index in [4.69, 9.17) is 4.74 Å². The number of carboxylic acid groups (broad SMARTS) is 1. The highest BCUT2D eigenvalue weighted by Gasteiger charge is 2.60. The number of piperidine rings is 1. The number of hydrogen-bond donors (Lipinski definition) is 1. The molecule has 4 aromatic rings. The third-order valence-electron chi connectivity index (χ3n) is 9.69. The van der Waals surface area contributed by atoms with E-state index in [0.717, 1.165) is 59.1 Å². The van der Waals surface area contributed by atoms with Crippen molar-refractivity contribution in [3.05, 3.63) is 62.7 Å². The van der Waals surface area contributed by atoms with Gasteiger partial charge >= 0.3 is 11.7 Å². The summed E-state index contributed by atoms with van der Waals surface area (Å²) >= 11 is 0. The summed E-state index contributed by atoms with van der Waals surface area (Å²) in [4.78, 5) is 53.2. The summed E-state index contributed by atoms with van der Waals surface area (Å²) in [6.07, 6.45) is 5.71. The average Bonchev–Trinajstić information content (AvgIpc) is 3.58. The van der Waals surface area contributed by atoms with Crippen LogP contribution in [-0.4, -0.2) is 65.4 Å². The quantitative estimate of drug-likeness (QED) is 0.326. The highest BCUT2D eigenvalue weighted by Crippen LogP contribution is 2.60. The number of aliphatic hydroxyl groups is 1. The van der Waals surface area contributed by atoms with Gasteiger partial charge in [0.05, 0.1) is 37.5 Å². The fraction of sp³-hybridized carbons (Fsp3) is 0.500. The van der Waals surface area contributed by atoms with Gasteiger partial charge in [0, 0.05) is 38.1 Å². The molecule has 7 rings (SSSR count). The van der Waals surface area contributed by atoms with Crippen molar-refractivity contribution in [2.75, 3.05) is 20.2 Å². The summed E-state index contributed by atoms with van der Waals surface area (Å²) in [5, 5.41) is 23.4. The molecule has 1 saturated heterocycles. The Kier molecular flexibility index (Phi) is 6.85. The molecule has 0 saturated carbocycles. The van der Waals surface area contributed by atoms with Crippen molar-refractivity contribution >= 4 is 34.0 Å². The molecule has 13 nitrogen and oxygen atoms in total. The Balaban J connectivity index is 0.000000168. The summed E-state index contributed by atoms with van der Waals surface area (Å²) < 4.78 is 10.2. The van der Waals surface area contributed by atoms with E-state index in [0.29, 0.717) is 6.42 Å². The third kappa shape index (κ3) is 4.08. The van der Waals surface area contributed by atoms with Crippen LogP contribution in [0.15, 0.2) is 40.2 Å². The molecule has 3 aliphatic heterocycles. The number of ether oxygens (including phenoxy) is 1. The fourth-order valence-corrected chi connectivity index (χ4v) is 7.75. The van der Waals surface area contributed by atoms with Crippen LogP contribution >= 0.6 is 0 Å². The number of carboxylic acids is 1. The first-order valence-electron chi connectivity index (χ1n) is 14.5. The van der Waals surface area contributed by atoms with Crippen LogP contribution in [-0.2, 0) is 47.1 Å². The maximum absolute atomic E-state index is 12.8. The minimum atomic E-state index is -1.63. The average molecular weight is 592 g/mol. The molecule has 0 bridgehead atoms. The molecule has 3 aliphatic rings. The first-order chi connectivity index (χ1) is 20.5. The molecule has 0 amide bonds. The second-order valence-corrected chi connectivity index (χ2v) is 11.8. The van der Waals surface area contributed by atoms with Gasteiger partial charge in [0.2, 0.25) is 5.72 Å². The van der Waals surface area contributed by atoms with Crippen molar-refractivity contribution in [3.8, 4) is 0 Å². The monoisotopic (exact) mass is 591 g/mol. The lowest BCUT2D eigenvalue weighted by molar-refractivity contribution is -0.306. The van der Waals surface area contributed by atoms with Gasteiger partial charge in [0.25, 0.3) is 5.56 Å². The lowest BCUT2D eigenvalue weighted by Crippen LogP contribution is -2.60. The van der Waals surface area contributed by atoms with Gasteiger partial charge in [0.15, 0.2) is 11.2 Å². The second kappa shape index (κ2) is 10.2. The number of carbonyl (C=O) groups is 2. The first kappa shape index (κ1) is 28.9. The van der Waals surface area contributed by atoms with Crippen LogP contribution < -0.4 is 16.4 Å². The van der Waals surface area contributed by atoms with Crippen molar-refractivity contribution in [1.82, 2.24) is 28.2 Å². The number of aryl methyl sites for hydroxylation is 1. The predicted octanol–water partition coefficient (Wildman–Crippen LogP) is 0.136.